The van der Waals surface area contributed by atoms with Crippen LogP contribution >= 0.6 is 0 Å². The first-order chi connectivity index (χ1) is 11.4. The van der Waals surface area contributed by atoms with Crippen LogP contribution in [0.3, 0.4) is 0 Å². The van der Waals surface area contributed by atoms with E-state index in [0.29, 0.717) is 12.8 Å². The summed E-state index contributed by atoms with van der Waals surface area (Å²) in [6.07, 6.45) is 1.43. The maximum Gasteiger partial charge on any atom is 0.258 e. The Hall–Kier alpha value is -2.83. The molecule has 0 bridgehead atoms. The summed E-state index contributed by atoms with van der Waals surface area (Å²) in [5.41, 5.74) is 4.93. The Kier molecular flexibility index (Phi) is 4.01. The summed E-state index contributed by atoms with van der Waals surface area (Å²) < 4.78 is 40.2. The van der Waals surface area contributed by atoms with Crippen molar-refractivity contribution in [3.63, 3.8) is 0 Å². The predicted molar refractivity (Wildman–Crippen MR) is 81.1 cm³/mol. The molecule has 0 spiro atoms. The largest absolute Gasteiger partial charge is 0.366 e. The third-order valence-corrected chi connectivity index (χ3v) is 3.79. The minimum atomic E-state index is -1.07. The van der Waals surface area contributed by atoms with Crippen molar-refractivity contribution in [2.75, 3.05) is 4.90 Å². The van der Waals surface area contributed by atoms with Crippen molar-refractivity contribution in [2.45, 2.75) is 18.9 Å². The third-order valence-electron chi connectivity index (χ3n) is 3.79. The first kappa shape index (κ1) is 16.0. The molecule has 4 nitrogen and oxygen atoms in total. The molecule has 2 aromatic rings. The van der Waals surface area contributed by atoms with Crippen molar-refractivity contribution in [3.8, 4) is 0 Å². The second-order valence-electron chi connectivity index (χ2n) is 5.56. The molecular formula is C17H13F3N2O2. The van der Waals surface area contributed by atoms with E-state index in [0.717, 1.165) is 24.3 Å². The fourth-order valence-electron chi connectivity index (χ4n) is 2.45. The first-order valence-corrected chi connectivity index (χ1v) is 7.26. The van der Waals surface area contributed by atoms with Crippen LogP contribution in [0.25, 0.3) is 0 Å². The van der Waals surface area contributed by atoms with E-state index < -0.39 is 34.8 Å². The number of nitrogens with two attached hydrogens (primary N) is 1. The number of hydrogen-bond donors (Lipinski definition) is 1. The zero-order chi connectivity index (χ0) is 17.4. The monoisotopic (exact) mass is 334 g/mol. The third kappa shape index (κ3) is 2.97. The van der Waals surface area contributed by atoms with Gasteiger partial charge in [0.05, 0.1) is 5.56 Å². The SMILES string of the molecule is NC(=O)c1cc(C(=O)N(c2ccc(F)c(F)c2)C2CC2)ccc1F. The van der Waals surface area contributed by atoms with Crippen LogP contribution in [-0.4, -0.2) is 17.9 Å². The number of nitrogens with zero attached hydrogens (tertiary/aromatic N) is 1. The summed E-state index contributed by atoms with van der Waals surface area (Å²) in [6.45, 7) is 0. The van der Waals surface area contributed by atoms with Gasteiger partial charge in [-0.25, -0.2) is 13.2 Å². The summed E-state index contributed by atoms with van der Waals surface area (Å²) in [6, 6.07) is 6.28. The molecule has 1 aliphatic carbocycles. The van der Waals surface area contributed by atoms with Crippen molar-refractivity contribution < 1.29 is 22.8 Å². The lowest BCUT2D eigenvalue weighted by molar-refractivity contribution is 0.0985. The summed E-state index contributed by atoms with van der Waals surface area (Å²) >= 11 is 0. The number of halogens is 3. The Morgan fingerprint density at radius 3 is 2.21 bits per heavy atom. The van der Waals surface area contributed by atoms with Crippen LogP contribution in [0.15, 0.2) is 36.4 Å². The summed E-state index contributed by atoms with van der Waals surface area (Å²) in [7, 11) is 0. The Balaban J connectivity index is 2.00. The van der Waals surface area contributed by atoms with Crippen LogP contribution in [0.5, 0.6) is 0 Å². The van der Waals surface area contributed by atoms with Crippen LogP contribution in [0.4, 0.5) is 18.9 Å². The number of anilines is 1. The molecule has 0 aromatic heterocycles. The Bertz CT molecular complexity index is 835. The van der Waals surface area contributed by atoms with E-state index in [2.05, 4.69) is 0 Å². The standard InChI is InChI=1S/C17H13F3N2O2/c18-13-5-1-9(7-12(13)16(21)23)17(24)22(10-2-3-10)11-4-6-14(19)15(20)8-11/h1,4-8,10H,2-3H2,(H2,21,23). The average molecular weight is 334 g/mol. The van der Waals surface area contributed by atoms with Crippen LogP contribution in [-0.2, 0) is 0 Å². The van der Waals surface area contributed by atoms with Crippen molar-refractivity contribution in [3.05, 3.63) is 65.0 Å². The van der Waals surface area contributed by atoms with Gasteiger partial charge in [-0.1, -0.05) is 0 Å². The highest BCUT2D eigenvalue weighted by Crippen LogP contribution is 2.34. The molecule has 0 unspecified atom stereocenters. The first-order valence-electron chi connectivity index (χ1n) is 7.26. The van der Waals surface area contributed by atoms with Gasteiger partial charge in [-0.15, -0.1) is 0 Å². The molecule has 0 heterocycles. The highest BCUT2D eigenvalue weighted by atomic mass is 19.2. The summed E-state index contributed by atoms with van der Waals surface area (Å²) in [5, 5.41) is 0. The predicted octanol–water partition coefficient (Wildman–Crippen LogP) is 3.01. The molecular weight excluding hydrogens is 321 g/mol. The average Bonchev–Trinajstić information content (AvgIpc) is 3.36. The lowest BCUT2D eigenvalue weighted by Gasteiger charge is -2.23. The topological polar surface area (TPSA) is 63.4 Å². The van der Waals surface area contributed by atoms with Crippen LogP contribution in [0.2, 0.25) is 0 Å². The molecule has 24 heavy (non-hydrogen) atoms. The van der Waals surface area contributed by atoms with E-state index in [-0.39, 0.29) is 17.3 Å². The normalized spacial score (nSPS) is 13.6. The van der Waals surface area contributed by atoms with Crippen LogP contribution < -0.4 is 10.6 Å². The van der Waals surface area contributed by atoms with Crippen molar-refractivity contribution in [1.82, 2.24) is 0 Å². The van der Waals surface area contributed by atoms with E-state index in [4.69, 9.17) is 5.73 Å². The number of rotatable bonds is 4. The molecule has 7 heteroatoms. The molecule has 0 atom stereocenters. The van der Waals surface area contributed by atoms with Gasteiger partial charge >= 0.3 is 0 Å². The van der Waals surface area contributed by atoms with Gasteiger partial charge in [0.2, 0.25) is 0 Å². The molecule has 0 saturated heterocycles. The van der Waals surface area contributed by atoms with Crippen molar-refractivity contribution in [2.24, 2.45) is 5.73 Å². The Morgan fingerprint density at radius 1 is 0.958 bits per heavy atom. The number of hydrogen-bond acceptors (Lipinski definition) is 2. The molecule has 2 aromatic carbocycles. The van der Waals surface area contributed by atoms with Gasteiger partial charge in [0, 0.05) is 23.4 Å². The maximum atomic E-state index is 13.6. The number of primary amides is 1. The van der Waals surface area contributed by atoms with E-state index >= 15 is 0 Å². The molecule has 3 rings (SSSR count). The van der Waals surface area contributed by atoms with Crippen LogP contribution in [0.1, 0.15) is 33.6 Å². The lowest BCUT2D eigenvalue weighted by Crippen LogP contribution is -2.33. The molecule has 0 aliphatic heterocycles. The van der Waals surface area contributed by atoms with Crippen molar-refractivity contribution >= 4 is 17.5 Å². The lowest BCUT2D eigenvalue weighted by atomic mass is 10.1. The molecule has 1 saturated carbocycles. The second kappa shape index (κ2) is 5.99. The van der Waals surface area contributed by atoms with Gasteiger partial charge in [-0.05, 0) is 43.2 Å². The number of carbonyl (C=O) groups is 2. The van der Waals surface area contributed by atoms with E-state index in [9.17, 15) is 22.8 Å². The molecule has 0 radical (unpaired) electrons. The number of carbonyl (C=O) groups excluding carboxylic acids is 2. The van der Waals surface area contributed by atoms with E-state index in [1.807, 2.05) is 0 Å². The quantitative estimate of drug-likeness (QED) is 0.934. The minimum Gasteiger partial charge on any atom is -0.366 e. The smallest absolute Gasteiger partial charge is 0.258 e. The second-order valence-corrected chi connectivity index (χ2v) is 5.56. The molecule has 1 aliphatic rings. The molecule has 2 amide bonds. The Morgan fingerprint density at radius 2 is 1.62 bits per heavy atom. The number of benzene rings is 2. The maximum absolute atomic E-state index is 13.6. The van der Waals surface area contributed by atoms with Gasteiger partial charge in [0.25, 0.3) is 11.8 Å². The van der Waals surface area contributed by atoms with Crippen molar-refractivity contribution in [1.29, 1.82) is 0 Å². The van der Waals surface area contributed by atoms with Gasteiger partial charge in [-0.2, -0.15) is 0 Å². The zero-order valence-electron chi connectivity index (χ0n) is 12.4. The summed E-state index contributed by atoms with van der Waals surface area (Å²) in [5.74, 6) is -4.44. The van der Waals surface area contributed by atoms with E-state index in [1.165, 1.54) is 17.0 Å². The Labute approximate surface area is 135 Å². The van der Waals surface area contributed by atoms with E-state index in [1.54, 1.807) is 0 Å². The van der Waals surface area contributed by atoms with Gasteiger partial charge in [0.15, 0.2) is 11.6 Å². The molecule has 124 valence electrons. The van der Waals surface area contributed by atoms with Gasteiger partial charge in [-0.3, -0.25) is 9.59 Å². The minimum absolute atomic E-state index is 0.0434. The summed E-state index contributed by atoms with van der Waals surface area (Å²) in [4.78, 5) is 25.3. The van der Waals surface area contributed by atoms with Gasteiger partial charge < -0.3 is 10.6 Å². The highest BCUT2D eigenvalue weighted by molar-refractivity contribution is 6.08. The molecule has 2 N–H and O–H groups in total. The number of amides is 2. The highest BCUT2D eigenvalue weighted by Gasteiger charge is 2.35. The van der Waals surface area contributed by atoms with Gasteiger partial charge in [0.1, 0.15) is 5.82 Å². The van der Waals surface area contributed by atoms with Crippen LogP contribution in [0, 0.1) is 17.5 Å². The zero-order valence-corrected chi connectivity index (χ0v) is 12.4. The fourth-order valence-corrected chi connectivity index (χ4v) is 2.45. The fraction of sp³-hybridized carbons (Fsp3) is 0.176. The molecule has 1 fully saturated rings.